The van der Waals surface area contributed by atoms with Gasteiger partial charge >= 0.3 is 5.82 Å². The molecule has 2 rings (SSSR count). The minimum Gasteiger partial charge on any atom is -0.358 e. The molecule has 0 aliphatic heterocycles. The summed E-state index contributed by atoms with van der Waals surface area (Å²) in [6.07, 6.45) is 1.42. The van der Waals surface area contributed by atoms with Gasteiger partial charge in [-0.05, 0) is 42.4 Å². The minimum absolute atomic E-state index is 0.238. The summed E-state index contributed by atoms with van der Waals surface area (Å²) in [6, 6.07) is 8.39. The molecule has 1 unspecified atom stereocenters. The molecule has 0 fully saturated rings. The van der Waals surface area contributed by atoms with Crippen LogP contribution < -0.4 is 5.32 Å². The highest BCUT2D eigenvalue weighted by Gasteiger charge is 2.27. The van der Waals surface area contributed by atoms with E-state index < -0.39 is 11.0 Å². The summed E-state index contributed by atoms with van der Waals surface area (Å²) in [5.41, 5.74) is 2.47. The van der Waals surface area contributed by atoms with E-state index in [0.717, 1.165) is 6.42 Å². The van der Waals surface area contributed by atoms with E-state index >= 15 is 0 Å². The fourth-order valence-corrected chi connectivity index (χ4v) is 2.39. The molecule has 1 aromatic carbocycles. The van der Waals surface area contributed by atoms with E-state index in [9.17, 15) is 14.9 Å². The number of nitrogens with zero attached hydrogens (tertiary/aromatic N) is 3. The van der Waals surface area contributed by atoms with Crippen molar-refractivity contribution in [1.29, 1.82) is 0 Å². The standard InChI is InChI=1S/C16H20N4O3/c1-4-12-6-8-13(9-7-12)17-16(21)14(5-2)19-11(3)10-15(18-19)20(22)23/h6-10,14H,4-5H2,1-3H3,(H,17,21). The summed E-state index contributed by atoms with van der Waals surface area (Å²) in [5.74, 6) is -0.487. The molecule has 7 heteroatoms. The Labute approximate surface area is 134 Å². The Morgan fingerprint density at radius 2 is 2.00 bits per heavy atom. The van der Waals surface area contributed by atoms with Gasteiger partial charge in [-0.2, -0.15) is 4.68 Å². The van der Waals surface area contributed by atoms with Crippen LogP contribution in [0.2, 0.25) is 0 Å². The van der Waals surface area contributed by atoms with Crippen LogP contribution in [0.1, 0.15) is 37.6 Å². The molecule has 7 nitrogen and oxygen atoms in total. The average Bonchev–Trinajstić information content (AvgIpc) is 2.91. The van der Waals surface area contributed by atoms with Crippen molar-refractivity contribution in [2.24, 2.45) is 0 Å². The summed E-state index contributed by atoms with van der Waals surface area (Å²) in [6.45, 7) is 5.61. The molecule has 122 valence electrons. The normalized spacial score (nSPS) is 12.0. The summed E-state index contributed by atoms with van der Waals surface area (Å²) >= 11 is 0. The van der Waals surface area contributed by atoms with Gasteiger partial charge in [0.05, 0.1) is 16.9 Å². The molecule has 1 amide bonds. The number of aryl methyl sites for hydroxylation is 2. The number of anilines is 1. The number of benzene rings is 1. The van der Waals surface area contributed by atoms with Gasteiger partial charge in [-0.3, -0.25) is 4.79 Å². The summed E-state index contributed by atoms with van der Waals surface area (Å²) in [5, 5.41) is 17.6. The van der Waals surface area contributed by atoms with Gasteiger partial charge in [0.25, 0.3) is 5.91 Å². The third-order valence-corrected chi connectivity index (χ3v) is 3.71. The first-order chi connectivity index (χ1) is 11.0. The third-order valence-electron chi connectivity index (χ3n) is 3.71. The van der Waals surface area contributed by atoms with Gasteiger partial charge in [-0.1, -0.05) is 26.0 Å². The number of hydrogen-bond donors (Lipinski definition) is 1. The Bertz CT molecular complexity index is 707. The molecule has 2 aromatic rings. The largest absolute Gasteiger partial charge is 0.390 e. The highest BCUT2D eigenvalue weighted by molar-refractivity contribution is 5.93. The average molecular weight is 316 g/mol. The van der Waals surface area contributed by atoms with E-state index in [2.05, 4.69) is 17.3 Å². The van der Waals surface area contributed by atoms with Crippen LogP contribution in [0.4, 0.5) is 11.5 Å². The van der Waals surface area contributed by atoms with Crippen LogP contribution >= 0.6 is 0 Å². The molecule has 0 aliphatic rings. The van der Waals surface area contributed by atoms with Crippen LogP contribution in [0.15, 0.2) is 30.3 Å². The molecule has 0 bridgehead atoms. The number of nitro groups is 1. The van der Waals surface area contributed by atoms with E-state index in [0.29, 0.717) is 17.8 Å². The van der Waals surface area contributed by atoms with Crippen LogP contribution in [0.25, 0.3) is 0 Å². The molecule has 0 radical (unpaired) electrons. The van der Waals surface area contributed by atoms with E-state index in [1.165, 1.54) is 16.3 Å². The predicted octanol–water partition coefficient (Wildman–Crippen LogP) is 3.25. The third kappa shape index (κ3) is 3.74. The first kappa shape index (κ1) is 16.7. The Kier molecular flexibility index (Phi) is 5.10. The van der Waals surface area contributed by atoms with Crippen LogP contribution in [0, 0.1) is 17.0 Å². The first-order valence-corrected chi connectivity index (χ1v) is 7.56. The number of nitrogens with one attached hydrogen (secondary N) is 1. The zero-order valence-corrected chi connectivity index (χ0v) is 13.4. The summed E-state index contributed by atoms with van der Waals surface area (Å²) < 4.78 is 1.41. The van der Waals surface area contributed by atoms with Crippen LogP contribution in [-0.2, 0) is 11.2 Å². The second kappa shape index (κ2) is 7.04. The zero-order chi connectivity index (χ0) is 17.0. The number of amides is 1. The lowest BCUT2D eigenvalue weighted by molar-refractivity contribution is -0.389. The van der Waals surface area contributed by atoms with Crippen LogP contribution in [0.5, 0.6) is 0 Å². The molecular formula is C16H20N4O3. The van der Waals surface area contributed by atoms with Crippen molar-refractivity contribution in [2.45, 2.75) is 39.7 Å². The quantitative estimate of drug-likeness (QED) is 0.654. The lowest BCUT2D eigenvalue weighted by atomic mass is 10.1. The smallest absolute Gasteiger partial charge is 0.358 e. The second-order valence-corrected chi connectivity index (χ2v) is 5.31. The maximum absolute atomic E-state index is 12.5. The van der Waals surface area contributed by atoms with Crippen molar-refractivity contribution in [3.05, 3.63) is 51.7 Å². The fraction of sp³-hybridized carbons (Fsp3) is 0.375. The summed E-state index contributed by atoms with van der Waals surface area (Å²) in [7, 11) is 0. The Morgan fingerprint density at radius 3 is 2.48 bits per heavy atom. The molecule has 1 N–H and O–H groups in total. The van der Waals surface area contributed by atoms with Gasteiger partial charge in [0, 0.05) is 5.69 Å². The first-order valence-electron chi connectivity index (χ1n) is 7.56. The number of aromatic nitrogens is 2. The van der Waals surface area contributed by atoms with Gasteiger partial charge in [-0.15, -0.1) is 0 Å². The predicted molar refractivity (Wildman–Crippen MR) is 87.4 cm³/mol. The van der Waals surface area contributed by atoms with E-state index in [1.54, 1.807) is 6.92 Å². The Balaban J connectivity index is 2.19. The number of rotatable bonds is 6. The monoisotopic (exact) mass is 316 g/mol. The molecule has 0 saturated heterocycles. The van der Waals surface area contributed by atoms with Crippen LogP contribution in [0.3, 0.4) is 0 Å². The molecule has 0 spiro atoms. The van der Waals surface area contributed by atoms with Crippen molar-refractivity contribution in [3.8, 4) is 0 Å². The van der Waals surface area contributed by atoms with Crippen molar-refractivity contribution in [3.63, 3.8) is 0 Å². The van der Waals surface area contributed by atoms with Gasteiger partial charge in [0.2, 0.25) is 0 Å². The number of carbonyl (C=O) groups is 1. The van der Waals surface area contributed by atoms with E-state index in [-0.39, 0.29) is 11.7 Å². The van der Waals surface area contributed by atoms with Crippen molar-refractivity contribution in [2.75, 3.05) is 5.32 Å². The van der Waals surface area contributed by atoms with Gasteiger partial charge < -0.3 is 15.4 Å². The summed E-state index contributed by atoms with van der Waals surface area (Å²) in [4.78, 5) is 22.8. The molecule has 23 heavy (non-hydrogen) atoms. The van der Waals surface area contributed by atoms with E-state index in [1.807, 2.05) is 31.2 Å². The van der Waals surface area contributed by atoms with Crippen molar-refractivity contribution in [1.82, 2.24) is 9.78 Å². The Morgan fingerprint density at radius 1 is 1.35 bits per heavy atom. The molecule has 0 aliphatic carbocycles. The lowest BCUT2D eigenvalue weighted by Gasteiger charge is -2.14. The second-order valence-electron chi connectivity index (χ2n) is 5.31. The SMILES string of the molecule is CCc1ccc(NC(=O)C(CC)n2nc([N+](=O)[O-])cc2C)cc1. The van der Waals surface area contributed by atoms with E-state index in [4.69, 9.17) is 0 Å². The van der Waals surface area contributed by atoms with Gasteiger partial charge in [-0.25, -0.2) is 0 Å². The Hall–Kier alpha value is -2.70. The highest BCUT2D eigenvalue weighted by Crippen LogP contribution is 2.20. The molecule has 1 atom stereocenters. The van der Waals surface area contributed by atoms with Crippen molar-refractivity contribution < 1.29 is 9.72 Å². The number of hydrogen-bond acceptors (Lipinski definition) is 4. The molecule has 1 aromatic heterocycles. The lowest BCUT2D eigenvalue weighted by Crippen LogP contribution is -2.27. The minimum atomic E-state index is -0.588. The topological polar surface area (TPSA) is 90.1 Å². The molecular weight excluding hydrogens is 296 g/mol. The van der Waals surface area contributed by atoms with Crippen molar-refractivity contribution >= 4 is 17.4 Å². The van der Waals surface area contributed by atoms with Gasteiger partial charge in [0.15, 0.2) is 6.04 Å². The fourth-order valence-electron chi connectivity index (χ4n) is 2.39. The molecule has 1 heterocycles. The number of carbonyl (C=O) groups excluding carboxylic acids is 1. The maximum atomic E-state index is 12.5. The maximum Gasteiger partial charge on any atom is 0.390 e. The molecule has 0 saturated carbocycles. The highest BCUT2D eigenvalue weighted by atomic mass is 16.6. The van der Waals surface area contributed by atoms with Gasteiger partial charge in [0.1, 0.15) is 0 Å². The zero-order valence-electron chi connectivity index (χ0n) is 13.4. The van der Waals surface area contributed by atoms with Crippen LogP contribution in [-0.4, -0.2) is 20.6 Å².